The molecule has 19 heavy (non-hydrogen) atoms. The normalized spacial score (nSPS) is 8.26. The fourth-order valence-electron chi connectivity index (χ4n) is 1.21. The van der Waals surface area contributed by atoms with Gasteiger partial charge in [-0.2, -0.15) is 15.8 Å². The molecule has 1 aromatic rings. The predicted molar refractivity (Wildman–Crippen MR) is 60.4 cm³/mol. The van der Waals surface area contributed by atoms with Crippen molar-refractivity contribution in [3.63, 3.8) is 0 Å². The molecule has 8 nitrogen and oxygen atoms in total. The molecule has 90 valence electrons. The third-order valence-corrected chi connectivity index (χ3v) is 1.98. The lowest BCUT2D eigenvalue weighted by Gasteiger charge is -1.98. The van der Waals surface area contributed by atoms with E-state index in [-0.39, 0.29) is 11.3 Å². The fourth-order valence-corrected chi connectivity index (χ4v) is 1.21. The van der Waals surface area contributed by atoms with Crippen molar-refractivity contribution in [1.82, 2.24) is 0 Å². The van der Waals surface area contributed by atoms with E-state index in [1.807, 2.05) is 0 Å². The quantitative estimate of drug-likeness (QED) is 0.284. The van der Waals surface area contributed by atoms with E-state index in [9.17, 15) is 10.1 Å². The summed E-state index contributed by atoms with van der Waals surface area (Å²) in [6.45, 7) is 0. The molecule has 0 bridgehead atoms. The van der Waals surface area contributed by atoms with E-state index >= 15 is 0 Å². The maximum Gasteiger partial charge on any atom is 0.433 e. The Kier molecular flexibility index (Phi) is 3.95. The molecule has 1 aromatic heterocycles. The van der Waals surface area contributed by atoms with Crippen LogP contribution in [0.1, 0.15) is 5.76 Å². The third-order valence-electron chi connectivity index (χ3n) is 1.98. The minimum atomic E-state index is -0.806. The summed E-state index contributed by atoms with van der Waals surface area (Å²) in [6.07, 6.45) is 0. The largest absolute Gasteiger partial charge is 0.433 e. The first-order valence-corrected chi connectivity index (χ1v) is 4.58. The van der Waals surface area contributed by atoms with Crippen molar-refractivity contribution >= 4 is 17.3 Å². The Morgan fingerprint density at radius 2 is 1.89 bits per heavy atom. The number of rotatable bonds is 3. The van der Waals surface area contributed by atoms with Gasteiger partial charge in [-0.1, -0.05) is 0 Å². The Morgan fingerprint density at radius 3 is 2.26 bits per heavy atom. The second-order valence-electron chi connectivity index (χ2n) is 2.98. The molecule has 1 N–H and O–H groups in total. The van der Waals surface area contributed by atoms with E-state index in [2.05, 4.69) is 0 Å². The molecule has 1 rings (SSSR count). The highest BCUT2D eigenvalue weighted by Crippen LogP contribution is 2.29. The van der Waals surface area contributed by atoms with Gasteiger partial charge in [0.15, 0.2) is 0 Å². The molecule has 0 radical (unpaired) electrons. The Morgan fingerprint density at radius 1 is 1.26 bits per heavy atom. The minimum absolute atomic E-state index is 0.221. The van der Waals surface area contributed by atoms with Gasteiger partial charge in [0.25, 0.3) is 0 Å². The summed E-state index contributed by atoms with van der Waals surface area (Å²) in [6, 6.07) is 6.78. The molecule has 0 unspecified atom stereocenters. The van der Waals surface area contributed by atoms with E-state index in [0.29, 0.717) is 0 Å². The van der Waals surface area contributed by atoms with E-state index < -0.39 is 22.0 Å². The summed E-state index contributed by atoms with van der Waals surface area (Å²) >= 11 is 0. The highest BCUT2D eigenvalue weighted by molar-refractivity contribution is 5.94. The van der Waals surface area contributed by atoms with Crippen LogP contribution in [0.4, 0.5) is 5.88 Å². The van der Waals surface area contributed by atoms with Gasteiger partial charge in [0.2, 0.25) is 0 Å². The van der Waals surface area contributed by atoms with Gasteiger partial charge < -0.3 is 4.42 Å². The zero-order valence-corrected chi connectivity index (χ0v) is 9.17. The number of allylic oxidation sites excluding steroid dienone is 3. The SMILES string of the molecule is N#CC(=C=N)C(=C(C#N)C#N)c1ccc([N+](=O)[O-])o1. The number of nitro groups is 1. The average molecular weight is 253 g/mol. The van der Waals surface area contributed by atoms with Crippen molar-refractivity contribution < 1.29 is 9.34 Å². The molecule has 0 aromatic carbocycles. The van der Waals surface area contributed by atoms with Crippen LogP contribution in [0.3, 0.4) is 0 Å². The molecular weight excluding hydrogens is 250 g/mol. The Labute approximate surface area is 106 Å². The van der Waals surface area contributed by atoms with Crippen molar-refractivity contribution in [1.29, 1.82) is 21.2 Å². The Hall–Kier alpha value is -3.66. The summed E-state index contributed by atoms with van der Waals surface area (Å²) in [4.78, 5) is 9.69. The van der Waals surface area contributed by atoms with Gasteiger partial charge >= 0.3 is 5.88 Å². The first kappa shape index (κ1) is 13.4. The molecule has 0 aliphatic heterocycles. The molecule has 0 atom stereocenters. The van der Waals surface area contributed by atoms with Crippen LogP contribution in [-0.4, -0.2) is 10.8 Å². The van der Waals surface area contributed by atoms with Crippen LogP contribution in [0.2, 0.25) is 0 Å². The number of furan rings is 1. The van der Waals surface area contributed by atoms with Gasteiger partial charge in [-0.05, 0) is 11.9 Å². The van der Waals surface area contributed by atoms with Crippen LogP contribution < -0.4 is 0 Å². The van der Waals surface area contributed by atoms with Gasteiger partial charge in [0, 0.05) is 0 Å². The molecule has 0 saturated carbocycles. The molecule has 1 heterocycles. The zero-order chi connectivity index (χ0) is 14.4. The van der Waals surface area contributed by atoms with Crippen LogP contribution in [0.15, 0.2) is 27.7 Å². The van der Waals surface area contributed by atoms with Gasteiger partial charge in [0.05, 0.1) is 11.6 Å². The average Bonchev–Trinajstić information content (AvgIpc) is 2.88. The number of hydrogen-bond donors (Lipinski definition) is 1. The number of nitrogens with zero attached hydrogens (tertiary/aromatic N) is 4. The molecular formula is C11H3N5O3. The summed E-state index contributed by atoms with van der Waals surface area (Å²) in [5, 5.41) is 43.8. The summed E-state index contributed by atoms with van der Waals surface area (Å²) < 4.78 is 4.82. The summed E-state index contributed by atoms with van der Waals surface area (Å²) in [5.74, 6) is 0.926. The van der Waals surface area contributed by atoms with Crippen LogP contribution in [0.5, 0.6) is 0 Å². The predicted octanol–water partition coefficient (Wildman–Crippen LogP) is 1.69. The van der Waals surface area contributed by atoms with Gasteiger partial charge in [-0.15, -0.1) is 0 Å². The van der Waals surface area contributed by atoms with Crippen LogP contribution in [-0.2, 0) is 0 Å². The van der Waals surface area contributed by atoms with Crippen LogP contribution >= 0.6 is 0 Å². The highest BCUT2D eigenvalue weighted by atomic mass is 16.6. The van der Waals surface area contributed by atoms with E-state index in [1.54, 1.807) is 11.9 Å². The molecule has 0 aliphatic rings. The van der Waals surface area contributed by atoms with Crippen LogP contribution in [0, 0.1) is 49.5 Å². The number of hydrogen-bond acceptors (Lipinski definition) is 7. The lowest BCUT2D eigenvalue weighted by atomic mass is 10.0. The molecule has 0 saturated heterocycles. The van der Waals surface area contributed by atoms with Gasteiger partial charge in [-0.3, -0.25) is 15.5 Å². The lowest BCUT2D eigenvalue weighted by Crippen LogP contribution is -1.92. The first-order chi connectivity index (χ1) is 9.08. The van der Waals surface area contributed by atoms with Crippen molar-refractivity contribution in [3.8, 4) is 18.2 Å². The monoisotopic (exact) mass is 253 g/mol. The summed E-state index contributed by atoms with van der Waals surface area (Å²) in [7, 11) is 0. The van der Waals surface area contributed by atoms with Crippen molar-refractivity contribution in [2.75, 3.05) is 0 Å². The summed E-state index contributed by atoms with van der Waals surface area (Å²) in [5.41, 5.74) is -1.22. The fraction of sp³-hybridized carbons (Fsp3) is 0. The standard InChI is InChI=1S/C11H3N5O3/c12-3-7(4-13)11(8(5-14)6-15)9-1-2-10(19-9)16(17)18/h1-2,12H. The van der Waals surface area contributed by atoms with Crippen molar-refractivity contribution in [3.05, 3.63) is 39.2 Å². The van der Waals surface area contributed by atoms with E-state index in [4.69, 9.17) is 25.6 Å². The van der Waals surface area contributed by atoms with Crippen molar-refractivity contribution in [2.45, 2.75) is 0 Å². The molecule has 0 amide bonds. The highest BCUT2D eigenvalue weighted by Gasteiger charge is 2.21. The second kappa shape index (κ2) is 5.60. The van der Waals surface area contributed by atoms with Crippen molar-refractivity contribution in [2.24, 2.45) is 0 Å². The molecule has 0 spiro atoms. The molecule has 0 aliphatic carbocycles. The topological polar surface area (TPSA) is 152 Å². The maximum atomic E-state index is 10.5. The maximum absolute atomic E-state index is 10.5. The Bertz CT molecular complexity index is 729. The van der Waals surface area contributed by atoms with E-state index in [1.165, 1.54) is 12.1 Å². The van der Waals surface area contributed by atoms with Crippen LogP contribution in [0.25, 0.3) is 5.57 Å². The van der Waals surface area contributed by atoms with Gasteiger partial charge in [-0.25, -0.2) is 0 Å². The zero-order valence-electron chi connectivity index (χ0n) is 9.17. The second-order valence-corrected chi connectivity index (χ2v) is 2.98. The number of nitrogens with one attached hydrogen (secondary N) is 1. The number of nitriles is 3. The smallest absolute Gasteiger partial charge is 0.401 e. The lowest BCUT2D eigenvalue weighted by molar-refractivity contribution is -0.402. The van der Waals surface area contributed by atoms with Gasteiger partial charge in [0.1, 0.15) is 40.0 Å². The minimum Gasteiger partial charge on any atom is -0.401 e. The first-order valence-electron chi connectivity index (χ1n) is 4.58. The van der Waals surface area contributed by atoms with E-state index in [0.717, 1.165) is 12.1 Å². The Balaban J connectivity index is 3.61. The molecule has 8 heteroatoms. The molecule has 0 fully saturated rings. The third kappa shape index (κ3) is 2.54.